The summed E-state index contributed by atoms with van der Waals surface area (Å²) in [4.78, 5) is 0.0852. The molecule has 1 saturated carbocycles. The third kappa shape index (κ3) is 1.65. The predicted molar refractivity (Wildman–Crippen MR) is 95.0 cm³/mol. The SMILES string of the molecule is CCC1(CC)C(F)(F)[C@@]12[C@H]1C=C[C@](C)(O1)[C@H]2S(=O)(=O)c1ccc(C)cc1. The van der Waals surface area contributed by atoms with Gasteiger partial charge >= 0.3 is 0 Å². The summed E-state index contributed by atoms with van der Waals surface area (Å²) in [6, 6.07) is 6.42. The van der Waals surface area contributed by atoms with Crippen LogP contribution in [0.15, 0.2) is 41.3 Å². The number of fused-ring (bicyclic) bond motifs is 3. The van der Waals surface area contributed by atoms with E-state index in [1.807, 2.05) is 6.92 Å². The van der Waals surface area contributed by atoms with Crippen molar-refractivity contribution in [3.8, 4) is 0 Å². The molecule has 0 unspecified atom stereocenters. The lowest BCUT2D eigenvalue weighted by Crippen LogP contribution is -2.48. The normalized spacial score (nSPS) is 38.8. The maximum Gasteiger partial charge on any atom is 0.264 e. The molecule has 4 atom stereocenters. The van der Waals surface area contributed by atoms with Gasteiger partial charge in [0, 0.05) is 5.41 Å². The fourth-order valence-corrected chi connectivity index (χ4v) is 8.38. The van der Waals surface area contributed by atoms with Gasteiger partial charge in [-0.05, 0) is 38.8 Å². The van der Waals surface area contributed by atoms with Gasteiger partial charge in [-0.2, -0.15) is 0 Å². The fraction of sp³-hybridized carbons (Fsp3) is 0.600. The molecule has 3 nitrogen and oxygen atoms in total. The standard InChI is InChI=1S/C20H24F2O3S/c1-5-18(6-2)19(20(18,21)22)15-11-12-17(4,25-15)16(19)26(23,24)14-9-7-13(3)8-10-14/h7-12,15-16H,5-6H2,1-4H3/t15-,16-,17+,19-/m1/s1. The average Bonchev–Trinajstić information content (AvgIpc) is 2.89. The first kappa shape index (κ1) is 18.1. The zero-order valence-electron chi connectivity index (χ0n) is 15.4. The smallest absolute Gasteiger partial charge is 0.264 e. The Kier molecular flexibility index (Phi) is 3.45. The third-order valence-electron chi connectivity index (χ3n) is 7.08. The van der Waals surface area contributed by atoms with Crippen LogP contribution in [0, 0.1) is 17.8 Å². The van der Waals surface area contributed by atoms with Crippen LogP contribution in [0.4, 0.5) is 8.78 Å². The first-order chi connectivity index (χ1) is 12.0. The number of benzene rings is 1. The molecule has 2 aliphatic heterocycles. The lowest BCUT2D eigenvalue weighted by Gasteiger charge is -2.32. The lowest BCUT2D eigenvalue weighted by atomic mass is 9.76. The van der Waals surface area contributed by atoms with Gasteiger partial charge in [0.1, 0.15) is 10.9 Å². The van der Waals surface area contributed by atoms with E-state index in [0.29, 0.717) is 0 Å². The monoisotopic (exact) mass is 382 g/mol. The quantitative estimate of drug-likeness (QED) is 0.729. The fourth-order valence-electron chi connectivity index (χ4n) is 5.84. The van der Waals surface area contributed by atoms with Crippen molar-refractivity contribution in [3.63, 3.8) is 0 Å². The van der Waals surface area contributed by atoms with Crippen molar-refractivity contribution in [2.75, 3.05) is 0 Å². The van der Waals surface area contributed by atoms with Gasteiger partial charge in [-0.1, -0.05) is 43.7 Å². The second-order valence-electron chi connectivity index (χ2n) is 8.05. The molecule has 26 heavy (non-hydrogen) atoms. The third-order valence-corrected chi connectivity index (χ3v) is 9.47. The summed E-state index contributed by atoms with van der Waals surface area (Å²) in [5.41, 5.74) is -3.36. The van der Waals surface area contributed by atoms with E-state index in [1.165, 1.54) is 12.1 Å². The minimum Gasteiger partial charge on any atom is -0.362 e. The van der Waals surface area contributed by atoms with Crippen LogP contribution in [0.25, 0.3) is 0 Å². The second-order valence-corrected chi connectivity index (χ2v) is 10.1. The largest absolute Gasteiger partial charge is 0.362 e. The number of ether oxygens (including phenoxy) is 1. The molecule has 0 aromatic heterocycles. The summed E-state index contributed by atoms with van der Waals surface area (Å²) < 4.78 is 63.9. The Labute approximate surface area is 153 Å². The number of halogens is 2. The lowest BCUT2D eigenvalue weighted by molar-refractivity contribution is 0.0133. The zero-order valence-corrected chi connectivity index (χ0v) is 16.2. The van der Waals surface area contributed by atoms with Gasteiger partial charge in [0.2, 0.25) is 0 Å². The average molecular weight is 382 g/mol. The molecule has 2 bridgehead atoms. The Balaban J connectivity index is 1.95. The minimum atomic E-state index is -4.01. The molecule has 6 heteroatoms. The van der Waals surface area contributed by atoms with Crippen molar-refractivity contribution in [2.24, 2.45) is 10.8 Å². The van der Waals surface area contributed by atoms with Crippen molar-refractivity contribution < 1.29 is 21.9 Å². The highest BCUT2D eigenvalue weighted by atomic mass is 32.2. The first-order valence-electron chi connectivity index (χ1n) is 9.11. The van der Waals surface area contributed by atoms with Crippen LogP contribution in [-0.2, 0) is 14.6 Å². The summed E-state index contributed by atoms with van der Waals surface area (Å²) in [7, 11) is -4.01. The summed E-state index contributed by atoms with van der Waals surface area (Å²) in [6.45, 7) is 6.93. The van der Waals surface area contributed by atoms with Crippen LogP contribution in [0.2, 0.25) is 0 Å². The molecule has 2 fully saturated rings. The topological polar surface area (TPSA) is 43.4 Å². The molecule has 1 saturated heterocycles. The number of rotatable bonds is 4. The van der Waals surface area contributed by atoms with E-state index in [2.05, 4.69) is 0 Å². The predicted octanol–water partition coefficient (Wildman–Crippen LogP) is 4.31. The van der Waals surface area contributed by atoms with Crippen LogP contribution in [-0.4, -0.2) is 31.3 Å². The van der Waals surface area contributed by atoms with E-state index in [1.54, 1.807) is 45.1 Å². The van der Waals surface area contributed by atoms with Gasteiger partial charge in [-0.25, -0.2) is 17.2 Å². The van der Waals surface area contributed by atoms with E-state index in [0.717, 1.165) is 5.56 Å². The van der Waals surface area contributed by atoms with Crippen LogP contribution >= 0.6 is 0 Å². The van der Waals surface area contributed by atoms with Crippen molar-refractivity contribution in [2.45, 2.75) is 68.3 Å². The number of hydrogen-bond donors (Lipinski definition) is 0. The highest BCUT2D eigenvalue weighted by molar-refractivity contribution is 7.92. The molecule has 3 aliphatic rings. The summed E-state index contributed by atoms with van der Waals surface area (Å²) in [6.07, 6.45) is 2.87. The summed E-state index contributed by atoms with van der Waals surface area (Å²) in [5, 5.41) is -1.30. The van der Waals surface area contributed by atoms with Crippen molar-refractivity contribution in [1.82, 2.24) is 0 Å². The first-order valence-corrected chi connectivity index (χ1v) is 10.7. The van der Waals surface area contributed by atoms with Crippen molar-refractivity contribution >= 4 is 9.84 Å². The van der Waals surface area contributed by atoms with E-state index < -0.39 is 43.5 Å². The summed E-state index contributed by atoms with van der Waals surface area (Å²) >= 11 is 0. The van der Waals surface area contributed by atoms with E-state index in [4.69, 9.17) is 4.74 Å². The van der Waals surface area contributed by atoms with E-state index in [9.17, 15) is 8.42 Å². The maximum absolute atomic E-state index is 15.4. The van der Waals surface area contributed by atoms with Crippen LogP contribution in [0.1, 0.15) is 39.2 Å². The molecule has 0 radical (unpaired) electrons. The Morgan fingerprint density at radius 2 is 1.69 bits per heavy atom. The molecular weight excluding hydrogens is 358 g/mol. The molecule has 1 spiro atoms. The number of aryl methyl sites for hydroxylation is 1. The number of hydrogen-bond acceptors (Lipinski definition) is 3. The van der Waals surface area contributed by atoms with E-state index >= 15 is 8.78 Å². The van der Waals surface area contributed by atoms with Crippen molar-refractivity contribution in [1.29, 1.82) is 0 Å². The number of alkyl halides is 2. The maximum atomic E-state index is 15.4. The van der Waals surface area contributed by atoms with Gasteiger partial charge in [-0.3, -0.25) is 0 Å². The Morgan fingerprint density at radius 1 is 1.12 bits per heavy atom. The molecule has 142 valence electrons. The summed E-state index contributed by atoms with van der Waals surface area (Å²) in [5.74, 6) is -3.08. The molecule has 1 aliphatic carbocycles. The van der Waals surface area contributed by atoms with Gasteiger partial charge in [-0.15, -0.1) is 0 Å². The molecular formula is C20H24F2O3S. The number of sulfone groups is 1. The van der Waals surface area contributed by atoms with Crippen LogP contribution in [0.5, 0.6) is 0 Å². The Morgan fingerprint density at radius 3 is 2.19 bits per heavy atom. The Hall–Kier alpha value is -1.27. The molecule has 0 amide bonds. The Bertz CT molecular complexity index is 886. The highest BCUT2D eigenvalue weighted by Gasteiger charge is 2.99. The molecule has 1 aromatic carbocycles. The molecule has 1 aromatic rings. The molecule has 4 rings (SSSR count). The van der Waals surface area contributed by atoms with Crippen LogP contribution < -0.4 is 0 Å². The van der Waals surface area contributed by atoms with Crippen molar-refractivity contribution in [3.05, 3.63) is 42.0 Å². The van der Waals surface area contributed by atoms with Gasteiger partial charge in [0.15, 0.2) is 9.84 Å². The molecule has 2 heterocycles. The van der Waals surface area contributed by atoms with E-state index in [-0.39, 0.29) is 17.7 Å². The highest BCUT2D eigenvalue weighted by Crippen LogP contribution is 2.86. The van der Waals surface area contributed by atoms with Gasteiger partial charge in [0.05, 0.1) is 16.4 Å². The van der Waals surface area contributed by atoms with Crippen LogP contribution in [0.3, 0.4) is 0 Å². The minimum absolute atomic E-state index is 0.0852. The van der Waals surface area contributed by atoms with Gasteiger partial charge < -0.3 is 4.74 Å². The van der Waals surface area contributed by atoms with Gasteiger partial charge in [0.25, 0.3) is 5.92 Å². The zero-order chi connectivity index (χ0) is 19.2. The molecule has 0 N–H and O–H groups in total. The second kappa shape index (κ2) is 4.96.